The molecule has 0 aliphatic heterocycles. The molecule has 31 heavy (non-hydrogen) atoms. The number of nitrogens with one attached hydrogen (secondary N) is 1. The van der Waals surface area contributed by atoms with Gasteiger partial charge >= 0.3 is 6.09 Å². The number of rotatable bonds is 6. The molecule has 6 nitrogen and oxygen atoms in total. The number of nitrogens with two attached hydrogens (primary N) is 1. The zero-order valence-corrected chi connectivity index (χ0v) is 19.8. The van der Waals surface area contributed by atoms with Crippen molar-refractivity contribution in [2.45, 2.75) is 61.3 Å². The van der Waals surface area contributed by atoms with Crippen LogP contribution in [0.2, 0.25) is 5.02 Å². The SMILES string of the molecule is CCc1ccc([C@@H]2[C@H](S(=O)(=O)c3ccc(Cl)cc3)[C@@]2(CN)NC(=O)OC(C)(C)C)cc1. The standard InChI is InChI=1S/C23H29ClN2O4S/c1-5-15-6-8-16(9-7-15)19-20(31(28,29)18-12-10-17(24)11-13-18)23(19,14-25)26-21(27)30-22(2,3)4/h6-13,19-20H,5,14,25H2,1-4H3,(H,26,27)/t19-,20+,23+/m1/s1. The second kappa shape index (κ2) is 8.45. The van der Waals surface area contributed by atoms with Gasteiger partial charge < -0.3 is 15.8 Å². The summed E-state index contributed by atoms with van der Waals surface area (Å²) in [5.74, 6) is -0.503. The lowest BCUT2D eigenvalue weighted by molar-refractivity contribution is 0.0497. The van der Waals surface area contributed by atoms with Crippen molar-refractivity contribution in [2.24, 2.45) is 5.73 Å². The molecule has 2 aromatic rings. The number of alkyl carbamates (subject to hydrolysis) is 1. The lowest BCUT2D eigenvalue weighted by Crippen LogP contribution is -2.49. The molecule has 2 aromatic carbocycles. The zero-order chi connectivity index (χ0) is 23.0. The zero-order valence-electron chi connectivity index (χ0n) is 18.2. The smallest absolute Gasteiger partial charge is 0.408 e. The lowest BCUT2D eigenvalue weighted by Gasteiger charge is -2.24. The summed E-state index contributed by atoms with van der Waals surface area (Å²) >= 11 is 5.94. The van der Waals surface area contributed by atoms with Gasteiger partial charge in [0.2, 0.25) is 0 Å². The Morgan fingerprint density at radius 3 is 2.19 bits per heavy atom. The number of hydrogen-bond donors (Lipinski definition) is 2. The maximum atomic E-state index is 13.6. The van der Waals surface area contributed by atoms with Crippen molar-refractivity contribution < 1.29 is 17.9 Å². The van der Waals surface area contributed by atoms with Crippen molar-refractivity contribution in [3.63, 3.8) is 0 Å². The van der Waals surface area contributed by atoms with E-state index in [0.29, 0.717) is 5.02 Å². The molecule has 0 spiro atoms. The van der Waals surface area contributed by atoms with Crippen LogP contribution in [0.3, 0.4) is 0 Å². The van der Waals surface area contributed by atoms with Crippen LogP contribution < -0.4 is 11.1 Å². The van der Waals surface area contributed by atoms with E-state index in [-0.39, 0.29) is 11.4 Å². The van der Waals surface area contributed by atoms with Crippen molar-refractivity contribution in [3.05, 3.63) is 64.7 Å². The molecule has 1 amide bonds. The third-order valence-electron chi connectivity index (χ3n) is 5.55. The quantitative estimate of drug-likeness (QED) is 0.671. The van der Waals surface area contributed by atoms with Crippen molar-refractivity contribution in [1.82, 2.24) is 5.32 Å². The van der Waals surface area contributed by atoms with Crippen molar-refractivity contribution in [1.29, 1.82) is 0 Å². The van der Waals surface area contributed by atoms with Gasteiger partial charge in [-0.05, 0) is 62.6 Å². The monoisotopic (exact) mass is 464 g/mol. The summed E-state index contributed by atoms with van der Waals surface area (Å²) in [6, 6.07) is 13.8. The summed E-state index contributed by atoms with van der Waals surface area (Å²) in [5.41, 5.74) is 6.15. The van der Waals surface area contributed by atoms with E-state index in [4.69, 9.17) is 22.1 Å². The highest BCUT2D eigenvalue weighted by molar-refractivity contribution is 7.92. The molecule has 0 bridgehead atoms. The molecule has 3 atom stereocenters. The molecule has 168 valence electrons. The highest BCUT2D eigenvalue weighted by Gasteiger charge is 2.71. The van der Waals surface area contributed by atoms with Gasteiger partial charge in [-0.2, -0.15) is 0 Å². The molecular formula is C23H29ClN2O4S. The molecule has 0 heterocycles. The Morgan fingerprint density at radius 2 is 1.71 bits per heavy atom. The van der Waals surface area contributed by atoms with E-state index in [2.05, 4.69) is 5.32 Å². The number of benzene rings is 2. The maximum Gasteiger partial charge on any atom is 0.408 e. The average molecular weight is 465 g/mol. The Balaban J connectivity index is 2.03. The van der Waals surface area contributed by atoms with E-state index in [0.717, 1.165) is 17.5 Å². The molecule has 0 unspecified atom stereocenters. The normalized spacial score (nSPS) is 23.3. The van der Waals surface area contributed by atoms with Gasteiger partial charge in [-0.25, -0.2) is 13.2 Å². The Kier molecular flexibility index (Phi) is 6.42. The number of hydrogen-bond acceptors (Lipinski definition) is 5. The minimum atomic E-state index is -3.81. The number of amides is 1. The van der Waals surface area contributed by atoms with Gasteiger partial charge in [0.1, 0.15) is 10.9 Å². The second-order valence-electron chi connectivity index (χ2n) is 8.86. The van der Waals surface area contributed by atoms with Crippen LogP contribution in [0.5, 0.6) is 0 Å². The molecule has 0 radical (unpaired) electrons. The highest BCUT2D eigenvalue weighted by Crippen LogP contribution is 2.57. The minimum absolute atomic E-state index is 0.0517. The minimum Gasteiger partial charge on any atom is -0.444 e. The van der Waals surface area contributed by atoms with Gasteiger partial charge in [-0.3, -0.25) is 0 Å². The van der Waals surface area contributed by atoms with Gasteiger partial charge in [-0.15, -0.1) is 0 Å². The predicted molar refractivity (Wildman–Crippen MR) is 122 cm³/mol. The molecule has 1 fully saturated rings. The van der Waals surface area contributed by atoms with Gasteiger partial charge in [0.15, 0.2) is 9.84 Å². The van der Waals surface area contributed by atoms with Crippen LogP contribution in [-0.2, 0) is 21.0 Å². The van der Waals surface area contributed by atoms with Crippen LogP contribution >= 0.6 is 11.6 Å². The first-order valence-corrected chi connectivity index (χ1v) is 12.2. The van der Waals surface area contributed by atoms with E-state index in [9.17, 15) is 13.2 Å². The Hall–Kier alpha value is -2.09. The molecule has 3 N–H and O–H groups in total. The highest BCUT2D eigenvalue weighted by atomic mass is 35.5. The molecular weight excluding hydrogens is 436 g/mol. The molecule has 1 saturated carbocycles. The van der Waals surface area contributed by atoms with Gasteiger partial charge in [0.05, 0.1) is 10.4 Å². The number of sulfone groups is 1. The lowest BCUT2D eigenvalue weighted by atomic mass is 10.0. The van der Waals surface area contributed by atoms with Crippen molar-refractivity contribution in [3.8, 4) is 0 Å². The molecule has 3 rings (SSSR count). The Morgan fingerprint density at radius 1 is 1.13 bits per heavy atom. The first kappa shape index (κ1) is 23.6. The maximum absolute atomic E-state index is 13.6. The summed E-state index contributed by atoms with van der Waals surface area (Å²) in [6.07, 6.45) is 0.178. The summed E-state index contributed by atoms with van der Waals surface area (Å²) in [4.78, 5) is 12.7. The number of carbonyl (C=O) groups excluding carboxylic acids is 1. The van der Waals surface area contributed by atoms with Crippen LogP contribution in [0.4, 0.5) is 4.79 Å². The summed E-state index contributed by atoms with van der Waals surface area (Å²) in [7, 11) is -3.81. The largest absolute Gasteiger partial charge is 0.444 e. The summed E-state index contributed by atoms with van der Waals surface area (Å²) in [5, 5.41) is 2.31. The van der Waals surface area contributed by atoms with Gasteiger partial charge in [-0.1, -0.05) is 42.8 Å². The topological polar surface area (TPSA) is 98.5 Å². The molecule has 1 aliphatic rings. The van der Waals surface area contributed by atoms with Gasteiger partial charge in [0.25, 0.3) is 0 Å². The fourth-order valence-electron chi connectivity index (χ4n) is 4.00. The van der Waals surface area contributed by atoms with Crippen LogP contribution in [-0.4, -0.2) is 37.4 Å². The van der Waals surface area contributed by atoms with Crippen molar-refractivity contribution >= 4 is 27.5 Å². The van der Waals surface area contributed by atoms with Crippen LogP contribution in [0.15, 0.2) is 53.4 Å². The fourth-order valence-corrected chi connectivity index (χ4v) is 6.47. The second-order valence-corrected chi connectivity index (χ2v) is 11.4. The molecule has 0 saturated heterocycles. The van der Waals surface area contributed by atoms with Crippen LogP contribution in [0.1, 0.15) is 44.7 Å². The molecule has 8 heteroatoms. The Labute approximate surface area is 189 Å². The number of ether oxygens (including phenoxy) is 1. The summed E-state index contributed by atoms with van der Waals surface area (Å²) < 4.78 is 32.5. The van der Waals surface area contributed by atoms with E-state index < -0.39 is 38.2 Å². The number of aryl methyl sites for hydroxylation is 1. The average Bonchev–Trinajstić information content (AvgIpc) is 3.36. The van der Waals surface area contributed by atoms with Crippen molar-refractivity contribution in [2.75, 3.05) is 6.54 Å². The van der Waals surface area contributed by atoms with Crippen LogP contribution in [0.25, 0.3) is 0 Å². The Bertz CT molecular complexity index is 1050. The first-order valence-electron chi connectivity index (χ1n) is 10.2. The number of carbonyl (C=O) groups is 1. The fraction of sp³-hybridized carbons (Fsp3) is 0.435. The number of halogens is 1. The van der Waals surface area contributed by atoms with Gasteiger partial charge in [0, 0.05) is 17.5 Å². The third-order valence-corrected chi connectivity index (χ3v) is 8.09. The van der Waals surface area contributed by atoms with E-state index in [1.807, 2.05) is 31.2 Å². The third kappa shape index (κ3) is 4.73. The first-order chi connectivity index (χ1) is 14.4. The molecule has 1 aliphatic carbocycles. The van der Waals surface area contributed by atoms with E-state index in [1.165, 1.54) is 24.3 Å². The predicted octanol–water partition coefficient (Wildman–Crippen LogP) is 4.06. The van der Waals surface area contributed by atoms with E-state index >= 15 is 0 Å². The molecule has 0 aromatic heterocycles. The van der Waals surface area contributed by atoms with Crippen LogP contribution in [0, 0.1) is 0 Å². The van der Waals surface area contributed by atoms with E-state index in [1.54, 1.807) is 20.8 Å². The summed E-state index contributed by atoms with van der Waals surface area (Å²) in [6.45, 7) is 7.24.